The molecule has 0 saturated heterocycles. The van der Waals surface area contributed by atoms with Crippen molar-refractivity contribution in [3.05, 3.63) is 20.7 Å². The Labute approximate surface area is 103 Å². The van der Waals surface area contributed by atoms with E-state index in [4.69, 9.17) is 0 Å². The maximum Gasteiger partial charge on any atom is 0.304 e. The highest BCUT2D eigenvalue weighted by Crippen LogP contribution is 2.26. The highest BCUT2D eigenvalue weighted by atomic mass is 32.2. The topological polar surface area (TPSA) is 57.2 Å². The van der Waals surface area contributed by atoms with Crippen molar-refractivity contribution < 1.29 is 0 Å². The first-order valence-electron chi connectivity index (χ1n) is 5.13. The minimum Gasteiger partial charge on any atom is -0.359 e. The minimum atomic E-state index is -0.00355. The summed E-state index contributed by atoms with van der Waals surface area (Å²) in [5, 5.41) is 6.06. The number of hydrogen-bond acceptors (Lipinski definition) is 5. The van der Waals surface area contributed by atoms with Crippen LogP contribution < -0.4 is 10.2 Å². The molecular weight excluding hydrogens is 242 g/mol. The first-order chi connectivity index (χ1) is 7.55. The number of aromatic nitrogens is 1. The van der Waals surface area contributed by atoms with Gasteiger partial charge in [-0.05, 0) is 5.41 Å². The molecule has 0 spiro atoms. The molecule has 2 heterocycles. The standard InChI is InChI=1S/C10H15N3OS2/c1-10(2)5-12-8(16-6-10)11-3-7-4-15-9(14)13-7/h4H,3,5-6H2,1-2H3,(H,11,12)(H,13,14). The van der Waals surface area contributed by atoms with Gasteiger partial charge in [0.25, 0.3) is 0 Å². The molecule has 0 amide bonds. The lowest BCUT2D eigenvalue weighted by atomic mass is 9.97. The van der Waals surface area contributed by atoms with Crippen LogP contribution in [0, 0.1) is 5.41 Å². The number of hydrogen-bond donors (Lipinski definition) is 2. The molecule has 2 N–H and O–H groups in total. The van der Waals surface area contributed by atoms with E-state index in [1.807, 2.05) is 5.38 Å². The molecule has 1 aliphatic rings. The first kappa shape index (κ1) is 11.7. The molecule has 6 heteroatoms. The Morgan fingerprint density at radius 3 is 3.00 bits per heavy atom. The van der Waals surface area contributed by atoms with Gasteiger partial charge in [-0.3, -0.25) is 9.79 Å². The minimum absolute atomic E-state index is 0.00355. The monoisotopic (exact) mass is 257 g/mol. The summed E-state index contributed by atoms with van der Waals surface area (Å²) in [5.41, 5.74) is 1.22. The van der Waals surface area contributed by atoms with Gasteiger partial charge in [-0.2, -0.15) is 0 Å². The van der Waals surface area contributed by atoms with Crippen molar-refractivity contribution in [2.75, 3.05) is 12.3 Å². The molecule has 0 fully saturated rings. The van der Waals surface area contributed by atoms with Gasteiger partial charge in [0.1, 0.15) is 0 Å². The Bertz CT molecular complexity index is 447. The van der Waals surface area contributed by atoms with Crippen LogP contribution in [0.1, 0.15) is 19.5 Å². The summed E-state index contributed by atoms with van der Waals surface area (Å²) in [5.74, 6) is 1.08. The Balaban J connectivity index is 1.88. The molecule has 1 aliphatic heterocycles. The Morgan fingerprint density at radius 1 is 1.62 bits per heavy atom. The molecule has 0 atom stereocenters. The second kappa shape index (κ2) is 4.63. The van der Waals surface area contributed by atoms with Crippen molar-refractivity contribution >= 4 is 28.3 Å². The Hall–Kier alpha value is -0.750. The summed E-state index contributed by atoms with van der Waals surface area (Å²) in [6.07, 6.45) is 0. The molecule has 88 valence electrons. The van der Waals surface area contributed by atoms with Gasteiger partial charge in [-0.1, -0.05) is 36.9 Å². The molecule has 16 heavy (non-hydrogen) atoms. The molecule has 1 aromatic rings. The van der Waals surface area contributed by atoms with Crippen LogP contribution in [0.3, 0.4) is 0 Å². The molecular formula is C10H15N3OS2. The molecule has 0 aromatic carbocycles. The van der Waals surface area contributed by atoms with E-state index >= 15 is 0 Å². The summed E-state index contributed by atoms with van der Waals surface area (Å²) in [6, 6.07) is 0. The molecule has 0 saturated carbocycles. The number of nitrogens with one attached hydrogen (secondary N) is 2. The van der Waals surface area contributed by atoms with Crippen molar-refractivity contribution in [2.24, 2.45) is 10.4 Å². The largest absolute Gasteiger partial charge is 0.359 e. The number of H-pyrrole nitrogens is 1. The number of rotatable bonds is 2. The lowest BCUT2D eigenvalue weighted by Gasteiger charge is -2.27. The summed E-state index contributed by atoms with van der Waals surface area (Å²) in [6.45, 7) is 5.95. The number of amidine groups is 1. The van der Waals surface area contributed by atoms with Gasteiger partial charge in [0.2, 0.25) is 0 Å². The van der Waals surface area contributed by atoms with E-state index in [0.717, 1.165) is 23.2 Å². The Morgan fingerprint density at radius 2 is 2.44 bits per heavy atom. The van der Waals surface area contributed by atoms with Gasteiger partial charge in [-0.25, -0.2) is 0 Å². The molecule has 0 unspecified atom stereocenters. The fourth-order valence-electron chi connectivity index (χ4n) is 1.32. The van der Waals surface area contributed by atoms with Crippen LogP contribution in [0.2, 0.25) is 0 Å². The predicted molar refractivity (Wildman–Crippen MR) is 70.3 cm³/mol. The maximum atomic E-state index is 10.9. The van der Waals surface area contributed by atoms with E-state index in [9.17, 15) is 4.79 Å². The van der Waals surface area contributed by atoms with Gasteiger partial charge < -0.3 is 10.3 Å². The lowest BCUT2D eigenvalue weighted by molar-refractivity contribution is 0.436. The van der Waals surface area contributed by atoms with Crippen molar-refractivity contribution in [2.45, 2.75) is 20.4 Å². The van der Waals surface area contributed by atoms with Gasteiger partial charge in [0.15, 0.2) is 5.17 Å². The highest BCUT2D eigenvalue weighted by molar-refractivity contribution is 8.13. The average molecular weight is 257 g/mol. The molecule has 1 aromatic heterocycles. The zero-order chi connectivity index (χ0) is 11.6. The van der Waals surface area contributed by atoms with E-state index in [-0.39, 0.29) is 4.87 Å². The molecule has 0 radical (unpaired) electrons. The molecule has 0 aliphatic carbocycles. The highest BCUT2D eigenvalue weighted by Gasteiger charge is 2.23. The van der Waals surface area contributed by atoms with Crippen molar-refractivity contribution in [3.8, 4) is 0 Å². The average Bonchev–Trinajstić information content (AvgIpc) is 2.63. The summed E-state index contributed by atoms with van der Waals surface area (Å²) < 4.78 is 0. The quantitative estimate of drug-likeness (QED) is 0.847. The van der Waals surface area contributed by atoms with Gasteiger partial charge in [0, 0.05) is 23.4 Å². The second-order valence-corrected chi connectivity index (χ2v) is 6.41. The van der Waals surface area contributed by atoms with E-state index in [0.29, 0.717) is 12.0 Å². The zero-order valence-electron chi connectivity index (χ0n) is 9.37. The third-order valence-electron chi connectivity index (χ3n) is 2.25. The third-order valence-corrected chi connectivity index (χ3v) is 4.44. The van der Waals surface area contributed by atoms with Gasteiger partial charge in [-0.15, -0.1) is 0 Å². The van der Waals surface area contributed by atoms with E-state index < -0.39 is 0 Å². The van der Waals surface area contributed by atoms with Crippen LogP contribution >= 0.6 is 23.1 Å². The number of aliphatic imine (C=N–C) groups is 1. The third kappa shape index (κ3) is 3.12. The second-order valence-electron chi connectivity index (χ2n) is 4.60. The summed E-state index contributed by atoms with van der Waals surface area (Å²) in [4.78, 5) is 18.2. The molecule has 2 rings (SSSR count). The predicted octanol–water partition coefficient (Wildman–Crippen LogP) is 1.66. The normalized spacial score (nSPS) is 19.2. The summed E-state index contributed by atoms with van der Waals surface area (Å²) in [7, 11) is 0. The van der Waals surface area contributed by atoms with Crippen molar-refractivity contribution in [1.82, 2.24) is 10.3 Å². The van der Waals surface area contributed by atoms with Crippen LogP contribution in [0.15, 0.2) is 15.2 Å². The van der Waals surface area contributed by atoms with Crippen LogP contribution in [-0.2, 0) is 6.54 Å². The number of thiazole rings is 1. The van der Waals surface area contributed by atoms with Crippen LogP contribution in [-0.4, -0.2) is 22.4 Å². The number of thioether (sulfide) groups is 1. The van der Waals surface area contributed by atoms with Crippen molar-refractivity contribution in [1.29, 1.82) is 0 Å². The number of nitrogens with zero attached hydrogens (tertiary/aromatic N) is 1. The maximum absolute atomic E-state index is 10.9. The fraction of sp³-hybridized carbons (Fsp3) is 0.600. The van der Waals surface area contributed by atoms with E-state index in [1.165, 1.54) is 11.3 Å². The smallest absolute Gasteiger partial charge is 0.304 e. The van der Waals surface area contributed by atoms with E-state index in [2.05, 4.69) is 29.1 Å². The zero-order valence-corrected chi connectivity index (χ0v) is 11.0. The van der Waals surface area contributed by atoms with Crippen LogP contribution in [0.25, 0.3) is 0 Å². The lowest BCUT2D eigenvalue weighted by Crippen LogP contribution is -2.31. The van der Waals surface area contributed by atoms with Crippen LogP contribution in [0.5, 0.6) is 0 Å². The molecule has 4 nitrogen and oxygen atoms in total. The summed E-state index contributed by atoms with van der Waals surface area (Å²) >= 11 is 2.94. The van der Waals surface area contributed by atoms with E-state index in [1.54, 1.807) is 11.8 Å². The fourth-order valence-corrected chi connectivity index (χ4v) is 2.85. The Kier molecular flexibility index (Phi) is 3.39. The van der Waals surface area contributed by atoms with Gasteiger partial charge in [0.05, 0.1) is 6.54 Å². The molecule has 0 bridgehead atoms. The first-order valence-corrected chi connectivity index (χ1v) is 6.99. The number of aromatic amines is 1. The van der Waals surface area contributed by atoms with Crippen LogP contribution in [0.4, 0.5) is 0 Å². The van der Waals surface area contributed by atoms with Gasteiger partial charge >= 0.3 is 4.87 Å². The van der Waals surface area contributed by atoms with Crippen molar-refractivity contribution in [3.63, 3.8) is 0 Å². The SMILES string of the molecule is CC1(C)CN=C(NCc2csc(=O)[nH]2)SC1.